The van der Waals surface area contributed by atoms with Crippen molar-refractivity contribution in [2.24, 2.45) is 0 Å². The van der Waals surface area contributed by atoms with E-state index in [4.69, 9.17) is 10.5 Å². The molecule has 84 valence electrons. The van der Waals surface area contributed by atoms with Gasteiger partial charge in [-0.3, -0.25) is 10.5 Å². The van der Waals surface area contributed by atoms with Crippen LogP contribution in [0.5, 0.6) is 0 Å². The van der Waals surface area contributed by atoms with Crippen LogP contribution < -0.4 is 0 Å². The monoisotopic (exact) mass is 208 g/mol. The van der Waals surface area contributed by atoms with Gasteiger partial charge in [0.2, 0.25) is 0 Å². The van der Waals surface area contributed by atoms with Crippen molar-refractivity contribution in [1.82, 2.24) is 0 Å². The standard InChI is InChI=1S/C7H17BO6/c1-6(2,8)7(10,4-14-12)5(9)3-13-11/h5,9-12H,3-4,8H2,1-2H3. The van der Waals surface area contributed by atoms with E-state index in [1.54, 1.807) is 21.7 Å². The van der Waals surface area contributed by atoms with Gasteiger partial charge >= 0.3 is 0 Å². The molecule has 6 nitrogen and oxygen atoms in total. The maximum atomic E-state index is 10.0. The van der Waals surface area contributed by atoms with Crippen LogP contribution in [0.25, 0.3) is 0 Å². The Labute approximate surface area is 83.3 Å². The first-order chi connectivity index (χ1) is 6.29. The summed E-state index contributed by atoms with van der Waals surface area (Å²) in [7, 11) is 1.66. The fourth-order valence-corrected chi connectivity index (χ4v) is 1.12. The van der Waals surface area contributed by atoms with Gasteiger partial charge in [0.25, 0.3) is 0 Å². The van der Waals surface area contributed by atoms with Gasteiger partial charge in [-0.05, 0) is 5.31 Å². The first kappa shape index (κ1) is 13.8. The molecular formula is C7H17BO6. The molecule has 7 heteroatoms. The van der Waals surface area contributed by atoms with Crippen molar-refractivity contribution in [2.75, 3.05) is 13.2 Å². The fourth-order valence-electron chi connectivity index (χ4n) is 1.12. The zero-order valence-corrected chi connectivity index (χ0v) is 8.60. The van der Waals surface area contributed by atoms with Crippen LogP contribution in [0.15, 0.2) is 0 Å². The molecule has 0 saturated heterocycles. The Morgan fingerprint density at radius 2 is 1.79 bits per heavy atom. The van der Waals surface area contributed by atoms with Crippen LogP contribution in [0.2, 0.25) is 5.31 Å². The van der Waals surface area contributed by atoms with E-state index >= 15 is 0 Å². The lowest BCUT2D eigenvalue weighted by molar-refractivity contribution is -0.309. The van der Waals surface area contributed by atoms with Crippen molar-refractivity contribution < 1.29 is 30.5 Å². The number of aliphatic hydroxyl groups is 2. The minimum Gasteiger partial charge on any atom is -0.387 e. The van der Waals surface area contributed by atoms with E-state index in [9.17, 15) is 10.2 Å². The molecule has 0 bridgehead atoms. The molecule has 0 spiro atoms. The third kappa shape index (κ3) is 2.91. The second-order valence-electron chi connectivity index (χ2n) is 4.26. The molecule has 0 saturated carbocycles. The summed E-state index contributed by atoms with van der Waals surface area (Å²) in [4.78, 5) is 7.60. The molecule has 0 rings (SSSR count). The van der Waals surface area contributed by atoms with Crippen LogP contribution in [0.1, 0.15) is 13.8 Å². The lowest BCUT2D eigenvalue weighted by Crippen LogP contribution is -2.55. The predicted octanol–water partition coefficient (Wildman–Crippen LogP) is -1.11. The van der Waals surface area contributed by atoms with E-state index in [0.29, 0.717) is 0 Å². The van der Waals surface area contributed by atoms with Gasteiger partial charge in [0.15, 0.2) is 0 Å². The summed E-state index contributed by atoms with van der Waals surface area (Å²) in [6.07, 6.45) is -1.36. The van der Waals surface area contributed by atoms with Crippen LogP contribution in [-0.2, 0) is 9.78 Å². The summed E-state index contributed by atoms with van der Waals surface area (Å²) in [5.41, 5.74) is -1.70. The summed E-state index contributed by atoms with van der Waals surface area (Å²) in [6, 6.07) is 0. The lowest BCUT2D eigenvalue weighted by atomic mass is 9.59. The van der Waals surface area contributed by atoms with E-state index in [0.717, 1.165) is 0 Å². The highest BCUT2D eigenvalue weighted by atomic mass is 17.1. The van der Waals surface area contributed by atoms with E-state index in [1.807, 2.05) is 0 Å². The normalized spacial score (nSPS) is 19.0. The second-order valence-corrected chi connectivity index (χ2v) is 4.26. The Morgan fingerprint density at radius 1 is 1.29 bits per heavy atom. The highest BCUT2D eigenvalue weighted by molar-refractivity contribution is 6.15. The van der Waals surface area contributed by atoms with E-state index < -0.39 is 30.2 Å². The SMILES string of the molecule is BC(C)(C)C(O)(COO)C(O)COO. The van der Waals surface area contributed by atoms with Gasteiger partial charge < -0.3 is 10.2 Å². The number of rotatable bonds is 6. The summed E-state index contributed by atoms with van der Waals surface area (Å²) < 4.78 is 0. The average molecular weight is 208 g/mol. The van der Waals surface area contributed by atoms with Crippen LogP contribution in [-0.4, -0.2) is 53.5 Å². The smallest absolute Gasteiger partial charge is 0.117 e. The Balaban J connectivity index is 4.70. The molecule has 0 amide bonds. The summed E-state index contributed by atoms with van der Waals surface area (Å²) >= 11 is 0. The van der Waals surface area contributed by atoms with Gasteiger partial charge in [0.1, 0.15) is 32.8 Å². The van der Waals surface area contributed by atoms with Crippen molar-refractivity contribution in [1.29, 1.82) is 0 Å². The first-order valence-electron chi connectivity index (χ1n) is 4.22. The average Bonchev–Trinajstić information content (AvgIpc) is 2.03. The molecular weight excluding hydrogens is 191 g/mol. The van der Waals surface area contributed by atoms with Crippen molar-refractivity contribution in [3.63, 3.8) is 0 Å². The molecule has 0 aliphatic carbocycles. The summed E-state index contributed by atoms with van der Waals surface area (Å²) in [5.74, 6) is 0. The molecule has 0 heterocycles. The van der Waals surface area contributed by atoms with Crippen LogP contribution in [0.3, 0.4) is 0 Å². The molecule has 2 atom stereocenters. The van der Waals surface area contributed by atoms with Crippen molar-refractivity contribution in [3.8, 4) is 0 Å². The summed E-state index contributed by atoms with van der Waals surface area (Å²) in [5, 5.41) is 35.3. The maximum Gasteiger partial charge on any atom is 0.117 e. The Kier molecular flexibility index (Phi) is 5.00. The largest absolute Gasteiger partial charge is 0.387 e. The maximum absolute atomic E-state index is 10.0. The van der Waals surface area contributed by atoms with E-state index in [-0.39, 0.29) is 0 Å². The molecule has 0 aliphatic rings. The van der Waals surface area contributed by atoms with Gasteiger partial charge in [-0.2, -0.15) is 0 Å². The Morgan fingerprint density at radius 3 is 2.07 bits per heavy atom. The third-order valence-corrected chi connectivity index (χ3v) is 2.37. The van der Waals surface area contributed by atoms with E-state index in [2.05, 4.69) is 9.78 Å². The molecule has 0 aromatic rings. The molecule has 0 aromatic carbocycles. The second kappa shape index (κ2) is 5.06. The fraction of sp³-hybridized carbons (Fsp3) is 1.00. The van der Waals surface area contributed by atoms with E-state index in [1.165, 1.54) is 0 Å². The number of hydrogen-bond donors (Lipinski definition) is 4. The molecule has 4 N–H and O–H groups in total. The van der Waals surface area contributed by atoms with Crippen molar-refractivity contribution in [2.45, 2.75) is 30.9 Å². The zero-order valence-electron chi connectivity index (χ0n) is 8.60. The predicted molar refractivity (Wildman–Crippen MR) is 50.7 cm³/mol. The minimum atomic E-state index is -1.70. The Hall–Kier alpha value is -0.175. The lowest BCUT2D eigenvalue weighted by Gasteiger charge is -2.42. The number of hydrogen-bond acceptors (Lipinski definition) is 6. The molecule has 0 aliphatic heterocycles. The number of aliphatic hydroxyl groups excluding tert-OH is 1. The molecule has 0 fully saturated rings. The highest BCUT2D eigenvalue weighted by Crippen LogP contribution is 2.37. The van der Waals surface area contributed by atoms with Crippen molar-refractivity contribution in [3.05, 3.63) is 0 Å². The quantitative estimate of drug-likeness (QED) is 0.251. The van der Waals surface area contributed by atoms with Gasteiger partial charge in [0, 0.05) is 0 Å². The third-order valence-electron chi connectivity index (χ3n) is 2.37. The molecule has 2 unspecified atom stereocenters. The van der Waals surface area contributed by atoms with Gasteiger partial charge in [0.05, 0.1) is 0 Å². The highest BCUT2D eigenvalue weighted by Gasteiger charge is 2.46. The van der Waals surface area contributed by atoms with Gasteiger partial charge in [-0.15, -0.1) is 0 Å². The first-order valence-corrected chi connectivity index (χ1v) is 4.22. The van der Waals surface area contributed by atoms with Crippen molar-refractivity contribution >= 4 is 7.85 Å². The van der Waals surface area contributed by atoms with Gasteiger partial charge in [-0.1, -0.05) is 13.8 Å². The van der Waals surface area contributed by atoms with Crippen LogP contribution in [0, 0.1) is 0 Å². The summed E-state index contributed by atoms with van der Waals surface area (Å²) in [6.45, 7) is 2.39. The van der Waals surface area contributed by atoms with Gasteiger partial charge in [-0.25, -0.2) is 9.78 Å². The molecule has 0 aromatic heterocycles. The molecule has 0 radical (unpaired) electrons. The minimum absolute atomic E-state index is 0.461. The molecule has 14 heavy (non-hydrogen) atoms. The zero-order chi connectivity index (χ0) is 11.4. The van der Waals surface area contributed by atoms with Crippen LogP contribution >= 0.6 is 0 Å². The topological polar surface area (TPSA) is 99.4 Å². The Bertz CT molecular complexity index is 170. The van der Waals surface area contributed by atoms with Crippen LogP contribution in [0.4, 0.5) is 0 Å².